The smallest absolute Gasteiger partial charge is 0.243 e. The van der Waals surface area contributed by atoms with Crippen LogP contribution in [0.4, 0.5) is 0 Å². The second-order valence-corrected chi connectivity index (χ2v) is 8.27. The fourth-order valence-corrected chi connectivity index (χ4v) is 3.83. The number of ether oxygens (including phenoxy) is 2. The first-order chi connectivity index (χ1) is 11.3. The van der Waals surface area contributed by atoms with Crippen LogP contribution < -0.4 is 9.47 Å². The molecule has 0 aliphatic heterocycles. The van der Waals surface area contributed by atoms with Crippen LogP contribution >= 0.6 is 15.9 Å². The van der Waals surface area contributed by atoms with Gasteiger partial charge in [0.15, 0.2) is 11.5 Å². The molecule has 0 atom stereocenters. The van der Waals surface area contributed by atoms with Crippen LogP contribution in [0.2, 0.25) is 0 Å². The zero-order chi connectivity index (χ0) is 17.9. The Balaban J connectivity index is 2.32. The molecule has 0 aliphatic carbocycles. The molecule has 0 bridgehead atoms. The summed E-state index contributed by atoms with van der Waals surface area (Å²) < 4.78 is 38.0. The highest BCUT2D eigenvalue weighted by Crippen LogP contribution is 2.34. The van der Waals surface area contributed by atoms with Gasteiger partial charge in [-0.25, -0.2) is 8.42 Å². The molecule has 24 heavy (non-hydrogen) atoms. The molecule has 7 heteroatoms. The third-order valence-electron chi connectivity index (χ3n) is 3.67. The van der Waals surface area contributed by atoms with Gasteiger partial charge in [0.1, 0.15) is 0 Å². The van der Waals surface area contributed by atoms with Gasteiger partial charge in [0.2, 0.25) is 10.0 Å². The highest BCUT2D eigenvalue weighted by molar-refractivity contribution is 9.10. The van der Waals surface area contributed by atoms with Gasteiger partial charge in [-0.2, -0.15) is 4.31 Å². The van der Waals surface area contributed by atoms with Crippen LogP contribution in [0, 0.1) is 6.92 Å². The standard InChI is InChI=1S/C17H20BrNO4S/c1-12-5-7-14(8-6-12)24(20,21)19(2)11-13-9-16(22-3)17(23-4)10-15(13)18/h5-10H,11H2,1-4H3. The lowest BCUT2D eigenvalue weighted by molar-refractivity contribution is 0.353. The van der Waals surface area contributed by atoms with Crippen molar-refractivity contribution >= 4 is 26.0 Å². The van der Waals surface area contributed by atoms with Crippen LogP contribution in [0.15, 0.2) is 45.8 Å². The van der Waals surface area contributed by atoms with E-state index in [0.717, 1.165) is 15.6 Å². The molecule has 0 heterocycles. The molecular weight excluding hydrogens is 394 g/mol. The summed E-state index contributed by atoms with van der Waals surface area (Å²) in [5.41, 5.74) is 1.80. The Morgan fingerprint density at radius 3 is 2.12 bits per heavy atom. The minimum absolute atomic E-state index is 0.206. The SMILES string of the molecule is COc1cc(Br)c(CN(C)S(=O)(=O)c2ccc(C)cc2)cc1OC. The number of benzene rings is 2. The van der Waals surface area contributed by atoms with Gasteiger partial charge in [0.25, 0.3) is 0 Å². The first-order valence-electron chi connectivity index (χ1n) is 7.23. The summed E-state index contributed by atoms with van der Waals surface area (Å²) >= 11 is 3.46. The zero-order valence-corrected chi connectivity index (χ0v) is 16.4. The Hall–Kier alpha value is -1.57. The highest BCUT2D eigenvalue weighted by atomic mass is 79.9. The molecular formula is C17H20BrNO4S. The maximum absolute atomic E-state index is 12.7. The van der Waals surface area contributed by atoms with Crippen molar-refractivity contribution in [3.8, 4) is 11.5 Å². The largest absolute Gasteiger partial charge is 0.493 e. The molecule has 0 amide bonds. The van der Waals surface area contributed by atoms with E-state index >= 15 is 0 Å². The number of methoxy groups -OCH3 is 2. The van der Waals surface area contributed by atoms with Gasteiger partial charge >= 0.3 is 0 Å². The normalized spacial score (nSPS) is 11.6. The predicted molar refractivity (Wildman–Crippen MR) is 97.1 cm³/mol. The maximum Gasteiger partial charge on any atom is 0.243 e. The Morgan fingerprint density at radius 1 is 1.04 bits per heavy atom. The van der Waals surface area contributed by atoms with Gasteiger partial charge in [-0.15, -0.1) is 0 Å². The summed E-state index contributed by atoms with van der Waals surface area (Å²) in [5, 5.41) is 0. The lowest BCUT2D eigenvalue weighted by atomic mass is 10.2. The molecule has 2 aromatic rings. The Labute approximate surface area is 151 Å². The first-order valence-corrected chi connectivity index (χ1v) is 9.46. The fraction of sp³-hybridized carbons (Fsp3) is 0.294. The van der Waals surface area contributed by atoms with Crippen molar-refractivity contribution in [3.63, 3.8) is 0 Å². The third-order valence-corrected chi connectivity index (χ3v) is 6.23. The summed E-state index contributed by atoms with van der Waals surface area (Å²) in [5.74, 6) is 1.13. The highest BCUT2D eigenvalue weighted by Gasteiger charge is 2.22. The second-order valence-electron chi connectivity index (χ2n) is 5.37. The van der Waals surface area contributed by atoms with E-state index < -0.39 is 10.0 Å². The first kappa shape index (κ1) is 18.8. The zero-order valence-electron chi connectivity index (χ0n) is 14.0. The van der Waals surface area contributed by atoms with Gasteiger partial charge in [-0.3, -0.25) is 0 Å². The van der Waals surface area contributed by atoms with Crippen LogP contribution in [0.5, 0.6) is 11.5 Å². The molecule has 0 N–H and O–H groups in total. The average molecular weight is 414 g/mol. The number of hydrogen-bond acceptors (Lipinski definition) is 4. The van der Waals surface area contributed by atoms with Gasteiger partial charge in [-0.1, -0.05) is 33.6 Å². The maximum atomic E-state index is 12.7. The Kier molecular flexibility index (Phi) is 5.90. The summed E-state index contributed by atoms with van der Waals surface area (Å²) in [6, 6.07) is 10.3. The number of rotatable bonds is 6. The Bertz CT molecular complexity index is 819. The van der Waals surface area contributed by atoms with Crippen molar-refractivity contribution in [2.45, 2.75) is 18.4 Å². The lowest BCUT2D eigenvalue weighted by Gasteiger charge is -2.19. The van der Waals surface area contributed by atoms with E-state index in [1.807, 2.05) is 6.92 Å². The third kappa shape index (κ3) is 3.91. The molecule has 0 unspecified atom stereocenters. The van der Waals surface area contributed by atoms with E-state index in [-0.39, 0.29) is 11.4 Å². The van der Waals surface area contributed by atoms with E-state index in [1.165, 1.54) is 4.31 Å². The predicted octanol–water partition coefficient (Wildman–Crippen LogP) is 3.60. The van der Waals surface area contributed by atoms with Crippen LogP contribution in [0.1, 0.15) is 11.1 Å². The molecule has 0 saturated carbocycles. The van der Waals surface area contributed by atoms with Crippen LogP contribution in [0.25, 0.3) is 0 Å². The second kappa shape index (κ2) is 7.55. The molecule has 0 fully saturated rings. The summed E-state index contributed by atoms with van der Waals surface area (Å²) in [6.07, 6.45) is 0. The van der Waals surface area contributed by atoms with E-state index in [4.69, 9.17) is 9.47 Å². The van der Waals surface area contributed by atoms with Crippen LogP contribution in [-0.2, 0) is 16.6 Å². The fourth-order valence-electron chi connectivity index (χ4n) is 2.23. The number of halogens is 1. The number of hydrogen-bond donors (Lipinski definition) is 0. The van der Waals surface area contributed by atoms with Crippen molar-refractivity contribution in [1.29, 1.82) is 0 Å². The van der Waals surface area contributed by atoms with E-state index in [9.17, 15) is 8.42 Å². The molecule has 2 rings (SSSR count). The number of nitrogens with zero attached hydrogens (tertiary/aromatic N) is 1. The van der Waals surface area contributed by atoms with E-state index in [0.29, 0.717) is 11.5 Å². The average Bonchev–Trinajstić information content (AvgIpc) is 2.56. The number of sulfonamides is 1. The van der Waals surface area contributed by atoms with Gasteiger partial charge in [-0.05, 0) is 36.8 Å². The van der Waals surface area contributed by atoms with Crippen molar-refractivity contribution < 1.29 is 17.9 Å². The van der Waals surface area contributed by atoms with Crippen LogP contribution in [-0.4, -0.2) is 34.0 Å². The quantitative estimate of drug-likeness (QED) is 0.725. The minimum atomic E-state index is -3.57. The topological polar surface area (TPSA) is 55.8 Å². The molecule has 0 spiro atoms. The molecule has 0 aromatic heterocycles. The molecule has 0 saturated heterocycles. The summed E-state index contributed by atoms with van der Waals surface area (Å²) in [6.45, 7) is 2.12. The van der Waals surface area contributed by atoms with Crippen molar-refractivity contribution in [2.24, 2.45) is 0 Å². The van der Waals surface area contributed by atoms with Crippen molar-refractivity contribution in [1.82, 2.24) is 4.31 Å². The lowest BCUT2D eigenvalue weighted by Crippen LogP contribution is -2.26. The molecule has 130 valence electrons. The monoisotopic (exact) mass is 413 g/mol. The molecule has 2 aromatic carbocycles. The summed E-state index contributed by atoms with van der Waals surface area (Å²) in [7, 11) is 1.09. The van der Waals surface area contributed by atoms with Gasteiger partial charge < -0.3 is 9.47 Å². The molecule has 0 radical (unpaired) electrons. The van der Waals surface area contributed by atoms with Crippen molar-refractivity contribution in [2.75, 3.05) is 21.3 Å². The van der Waals surface area contributed by atoms with Gasteiger partial charge in [0.05, 0.1) is 19.1 Å². The minimum Gasteiger partial charge on any atom is -0.493 e. The molecule has 0 aliphatic rings. The van der Waals surface area contributed by atoms with Crippen LogP contribution in [0.3, 0.4) is 0 Å². The number of aryl methyl sites for hydroxylation is 1. The van der Waals surface area contributed by atoms with Crippen molar-refractivity contribution in [3.05, 3.63) is 52.0 Å². The Morgan fingerprint density at radius 2 is 1.58 bits per heavy atom. The summed E-state index contributed by atoms with van der Waals surface area (Å²) in [4.78, 5) is 0.271. The van der Waals surface area contributed by atoms with E-state index in [1.54, 1.807) is 57.7 Å². The van der Waals surface area contributed by atoms with Gasteiger partial charge in [0, 0.05) is 18.1 Å². The molecule has 5 nitrogen and oxygen atoms in total. The van der Waals surface area contributed by atoms with E-state index in [2.05, 4.69) is 15.9 Å².